The molecule has 0 spiro atoms. The molecule has 0 bridgehead atoms. The molecular weight excluding hydrogens is 2110 g/mol. The number of carbonyl (C=O) groups is 2. The Labute approximate surface area is 893 Å². The van der Waals surface area contributed by atoms with Crippen LogP contribution in [0.15, 0.2) is 235 Å². The average molecular weight is 2220 g/mol. The number of H-pyrrole nitrogens is 1. The number of methoxy groups -OCH3 is 3. The number of aryl methyl sites for hydroxylation is 1. The molecule has 0 atom stereocenters. The number of hydrogen-bond donors (Lipinski definition) is 6. The molecule has 34 heteroatoms. The smallest absolute Gasteiger partial charge is 0.463 e. The quantitative estimate of drug-likeness (QED) is 0.00968. The maximum atomic E-state index is 9.96. The zero-order valence-corrected chi connectivity index (χ0v) is 90.3. The number of nitrogens with zero attached hydrogens (tertiary/aromatic N) is 12. The van der Waals surface area contributed by atoms with E-state index in [1.54, 1.807) is 59.5 Å². The number of rotatable bonds is 12. The van der Waals surface area contributed by atoms with Gasteiger partial charge in [0, 0.05) is 128 Å². The summed E-state index contributed by atoms with van der Waals surface area (Å²) in [5.74, 6) is 4.01. The second-order valence-electron chi connectivity index (χ2n) is 27.2. The van der Waals surface area contributed by atoms with Crippen LogP contribution < -0.4 is 157 Å². The monoisotopic (exact) mass is 2220 g/mol. The van der Waals surface area contributed by atoms with Crippen LogP contribution in [0.5, 0.6) is 17.2 Å². The van der Waals surface area contributed by atoms with Crippen LogP contribution in [-0.2, 0) is 14.5 Å². The molecule has 0 amide bonds. The van der Waals surface area contributed by atoms with E-state index in [1.807, 2.05) is 135 Å². The van der Waals surface area contributed by atoms with Gasteiger partial charge in [0.2, 0.25) is 0 Å². The van der Waals surface area contributed by atoms with Crippen molar-refractivity contribution in [2.24, 2.45) is 4.30 Å². The van der Waals surface area contributed by atoms with Crippen LogP contribution in [-0.4, -0.2) is 134 Å². The number of ether oxygens (including phenoxy) is 3. The fourth-order valence-electron chi connectivity index (χ4n) is 13.3. The molecule has 0 saturated carbocycles. The van der Waals surface area contributed by atoms with Crippen molar-refractivity contribution in [3.63, 3.8) is 0 Å². The van der Waals surface area contributed by atoms with Crippen LogP contribution in [0.1, 0.15) is 130 Å². The van der Waals surface area contributed by atoms with Crippen LogP contribution in [0.4, 0.5) is 8.78 Å². The van der Waals surface area contributed by atoms with Crippen LogP contribution in [0.3, 0.4) is 0 Å². The average Bonchev–Trinajstić information content (AvgIpc) is 1.65. The number of nitrogens with one attached hydrogen (secondary N) is 1. The van der Waals surface area contributed by atoms with Gasteiger partial charge in [0.25, 0.3) is 7.40 Å². The summed E-state index contributed by atoms with van der Waals surface area (Å²) < 4.78 is 57.7. The molecule has 23 nitrogen and oxygen atoms in total. The first-order valence-corrected chi connectivity index (χ1v) is 39.7. The van der Waals surface area contributed by atoms with E-state index in [-0.39, 0.29) is 176 Å². The van der Waals surface area contributed by atoms with Crippen molar-refractivity contribution in [3.05, 3.63) is 274 Å². The molecule has 0 aliphatic heterocycles. The summed E-state index contributed by atoms with van der Waals surface area (Å²) in [4.78, 5) is 59.1. The number of fused-ring (bicyclic) bond motifs is 18. The fourth-order valence-corrected chi connectivity index (χ4v) is 14.2. The number of carboxylic acid groups (broad SMARTS) is 1. The number of benzene rings is 6. The van der Waals surface area contributed by atoms with Crippen LogP contribution in [0.25, 0.3) is 106 Å². The second kappa shape index (κ2) is 58.0. The molecule has 11 aromatic heterocycles. The van der Waals surface area contributed by atoms with Gasteiger partial charge in [0.1, 0.15) is 44.6 Å². The van der Waals surface area contributed by atoms with Gasteiger partial charge >= 0.3 is 176 Å². The van der Waals surface area contributed by atoms with E-state index in [0.717, 1.165) is 143 Å². The third kappa shape index (κ3) is 29.9. The summed E-state index contributed by atoms with van der Waals surface area (Å²) in [6, 6.07) is 47.1. The Morgan fingerprint density at radius 1 is 0.616 bits per heavy atom. The topological polar surface area (TPSA) is 296 Å². The minimum absolute atomic E-state index is 0. The van der Waals surface area contributed by atoms with E-state index in [1.165, 1.54) is 22.3 Å². The van der Waals surface area contributed by atoms with Gasteiger partial charge in [-0.05, 0) is 198 Å². The normalized spacial score (nSPS) is 10.2. The Morgan fingerprint density at radius 3 is 1.43 bits per heavy atom. The van der Waals surface area contributed by atoms with Crippen LogP contribution in [0, 0.1) is 17.7 Å². The summed E-state index contributed by atoms with van der Waals surface area (Å²) in [6.07, 6.45) is 25.7. The van der Waals surface area contributed by atoms with Crippen molar-refractivity contribution in [2.45, 2.75) is 108 Å². The standard InChI is InChI=1S/C27H27N3O.C15H10BrN3O.C15H11N3O.C12H19BO2.C10H10N2.C5H3ClIN.C2H4O2.CH3F.CH2F.CH2O3.2CH4.BHNS.BrH.2Cs/c1-16(2)19-7-6-8-20(17(3)4)26(19)25-15-29-27-22-13-18(31-5)9-10-21(22)23-14-28-12-11-24(23)30(25)27;1-20-9-2-3-10-11(6-9)15-18-8-14(16)19(15)13-4-5-17-7-12(10)13;1-19-10-2-3-11-12(8-10)15-17-6-7-18(15)14-4-5-16-9-13(11)14;1-8(2)10-6-5-7-11(9(3)4)12(10)13(14)15;1-8-3-2-4-9(7-8)10-11-5-6-12-10;6-4-3-8-2-1-5(4)7;1-2(3)4;2*1-2;2-1-4-3;;;1-2-3;;;/h6-17H,1-5H3;2-8H,1H3;2-9H,1H3;5-9,14-15H,1-4H3;2-7H,1H3,(H,11,12);1-3H;1H3,(H,3,4);1H3;1H2;1,3H;2*1H4;3H;1H;;/q;;;;;;;;-1;;;;;;2*+1/i;;;;;;;1D;;;;;;;;/hD. The number of thiol groups is 1. The molecule has 17 rings (SSSR count). The maximum absolute atomic E-state index is 9.96. The maximum Gasteiger partial charge on any atom is 1.00 e. The number of aromatic nitrogens is 12. The first-order valence-electron chi connectivity index (χ1n) is 38.1. The van der Waals surface area contributed by atoms with Crippen molar-refractivity contribution < 1.29 is 197 Å². The summed E-state index contributed by atoms with van der Waals surface area (Å²) in [6.45, 7) is 20.5. The van der Waals surface area contributed by atoms with E-state index < -0.39 is 20.2 Å². The zero-order chi connectivity index (χ0) is 89.3. The van der Waals surface area contributed by atoms with Gasteiger partial charge in [-0.2, -0.15) is 7.18 Å². The van der Waals surface area contributed by atoms with Gasteiger partial charge < -0.3 is 43.6 Å². The molecule has 0 unspecified atom stereocenters. The molecular formula is C91H101B2Br2ClCs2F2IN13O10S+. The molecule has 11 heterocycles. The van der Waals surface area contributed by atoms with E-state index in [0.29, 0.717) is 34.2 Å². The van der Waals surface area contributed by atoms with Crippen LogP contribution >= 0.6 is 79.9 Å². The van der Waals surface area contributed by atoms with E-state index in [9.17, 15) is 18.8 Å². The molecule has 0 aliphatic rings. The van der Waals surface area contributed by atoms with E-state index in [4.69, 9.17) is 48.3 Å². The third-order valence-corrected chi connectivity index (χ3v) is 20.5. The number of carboxylic acids is 1. The van der Waals surface area contributed by atoms with Gasteiger partial charge in [-0.3, -0.25) is 47.1 Å². The molecule has 17 aromatic rings. The molecule has 0 aliphatic carbocycles. The summed E-state index contributed by atoms with van der Waals surface area (Å²) in [5, 5.41) is 40.0. The van der Waals surface area contributed by atoms with E-state index in [2.05, 4.69) is 249 Å². The first-order chi connectivity index (χ1) is 58.8. The number of imidazole rings is 4. The Hall–Kier alpha value is -6.80. The Morgan fingerprint density at radius 2 is 1.03 bits per heavy atom. The van der Waals surface area contributed by atoms with Crippen molar-refractivity contribution >= 4 is 195 Å². The van der Waals surface area contributed by atoms with Gasteiger partial charge in [0.05, 0.1) is 69.5 Å². The Kier molecular flexibility index (Phi) is 51.3. The number of pyridine rings is 7. The molecule has 1 radical (unpaired) electrons. The molecule has 5 N–H and O–H groups in total. The van der Waals surface area contributed by atoms with Crippen molar-refractivity contribution in [1.82, 2.24) is 58.1 Å². The minimum atomic E-state index is -1.37. The first kappa shape index (κ1) is 111. The summed E-state index contributed by atoms with van der Waals surface area (Å²) in [5.41, 5.74) is 16.3. The largest absolute Gasteiger partial charge is 1.00 e. The molecule has 0 saturated heterocycles. The molecule has 0 fully saturated rings. The summed E-state index contributed by atoms with van der Waals surface area (Å²) >= 11 is 14.5. The number of carbonyl (C=O) groups excluding carboxylic acids is 1. The Bertz CT molecular complexity index is 6230. The van der Waals surface area contributed by atoms with Gasteiger partial charge in [0.15, 0.2) is 0 Å². The predicted molar refractivity (Wildman–Crippen MR) is 518 cm³/mol. The molecule has 6 aromatic carbocycles. The van der Waals surface area contributed by atoms with Crippen LogP contribution in [0.2, 0.25) is 5.02 Å². The number of halogens is 6. The van der Waals surface area contributed by atoms with Crippen molar-refractivity contribution in [2.75, 3.05) is 28.5 Å². The van der Waals surface area contributed by atoms with E-state index >= 15 is 0 Å². The SMILES string of the molecule is Br.C.C.CC(=O)O.CC(C)c1cccc(C(C)C)c1B(O)O.COc1ccc2c3cnccc3n3c(-c4c(C(C)C)cccc4C(C)C)cnc3c2c1.COc1ccc2c3cnccc3n3c(Br)cnc3c2c1.COc1ccc2c3cnccc3n3ccnc3c2c1.Cc1cccc(-c2ncc[nH]2)c1.Clc1cnccc1I.[2H]CF.[2H]OOC=O.[B]=NS.[CH2-]F.[Cs+].[Cs+]. The molecule has 125 heavy (non-hydrogen) atoms. The van der Waals surface area contributed by atoms with Gasteiger partial charge in [-0.25, -0.2) is 25.2 Å². The number of aliphatic carboxylic acids is 1. The number of hydrogen-bond acceptors (Lipinski definition) is 19. The second-order valence-corrected chi connectivity index (χ2v) is 29.8. The zero-order valence-electron chi connectivity index (χ0n) is 72.6. The fraction of sp³-hybridized carbons (Fsp3) is 0.220. The van der Waals surface area contributed by atoms with Gasteiger partial charge in [-0.15, -0.1) is 17.0 Å². The minimum Gasteiger partial charge on any atom is -0.463 e. The van der Waals surface area contributed by atoms with Crippen molar-refractivity contribution in [1.29, 1.82) is 1.43 Å². The van der Waals surface area contributed by atoms with Crippen molar-refractivity contribution in [3.8, 4) is 39.9 Å². The summed E-state index contributed by atoms with van der Waals surface area (Å²) in [7, 11) is 8.75. The third-order valence-electron chi connectivity index (χ3n) is 18.4. The Balaban J connectivity index is 0.000000510. The predicted octanol–water partition coefficient (Wildman–Crippen LogP) is 17.2. The number of alkyl halides is 1. The number of aromatic amines is 1. The van der Waals surface area contributed by atoms with Gasteiger partial charge in [-0.1, -0.05) is 142 Å². The molecule has 645 valence electrons.